The number of aromatic amines is 1. The topological polar surface area (TPSA) is 90.5 Å². The number of ether oxygens (including phenoxy) is 3. The molecule has 0 unspecified atom stereocenters. The second kappa shape index (κ2) is 8.26. The highest BCUT2D eigenvalue weighted by molar-refractivity contribution is 7.20. The van der Waals surface area contributed by atoms with Crippen molar-refractivity contribution in [2.24, 2.45) is 0 Å². The van der Waals surface area contributed by atoms with Crippen molar-refractivity contribution < 1.29 is 19.0 Å². The average Bonchev–Trinajstić information content (AvgIpc) is 3.03. The average molecular weight is 400 g/mol. The number of hydrogen-bond donors (Lipinski definition) is 1. The number of carbonyl (C=O) groups is 1. The van der Waals surface area contributed by atoms with Crippen LogP contribution in [0.3, 0.4) is 0 Å². The highest BCUT2D eigenvalue weighted by Crippen LogP contribution is 2.32. The third kappa shape index (κ3) is 3.63. The number of thiophene rings is 1. The first-order chi connectivity index (χ1) is 13.5. The summed E-state index contributed by atoms with van der Waals surface area (Å²) in [7, 11) is 3.13. The molecule has 28 heavy (non-hydrogen) atoms. The minimum atomic E-state index is -0.444. The molecule has 0 spiro atoms. The van der Waals surface area contributed by atoms with E-state index in [1.165, 1.54) is 0 Å². The van der Waals surface area contributed by atoms with E-state index < -0.39 is 5.97 Å². The van der Waals surface area contributed by atoms with Gasteiger partial charge in [-0.25, -0.2) is 9.78 Å². The van der Waals surface area contributed by atoms with Crippen LogP contribution in [0.15, 0.2) is 23.0 Å². The third-order valence-corrected chi connectivity index (χ3v) is 5.30. The summed E-state index contributed by atoms with van der Waals surface area (Å²) in [5, 5.41) is 0.407. The van der Waals surface area contributed by atoms with E-state index in [0.29, 0.717) is 38.0 Å². The molecular weight excluding hydrogens is 380 g/mol. The van der Waals surface area contributed by atoms with Crippen LogP contribution in [0.25, 0.3) is 22.4 Å². The van der Waals surface area contributed by atoms with Crippen molar-refractivity contribution in [3.63, 3.8) is 0 Å². The van der Waals surface area contributed by atoms with Gasteiger partial charge in [-0.3, -0.25) is 4.79 Å². The number of benzene rings is 1. The van der Waals surface area contributed by atoms with Gasteiger partial charge in [0.05, 0.1) is 26.2 Å². The lowest BCUT2D eigenvalue weighted by atomic mass is 10.1. The molecule has 3 rings (SSSR count). The molecule has 0 aliphatic rings. The van der Waals surface area contributed by atoms with E-state index in [4.69, 9.17) is 14.2 Å². The van der Waals surface area contributed by atoms with Gasteiger partial charge in [0.1, 0.15) is 15.5 Å². The quantitative estimate of drug-likeness (QED) is 0.635. The monoisotopic (exact) mass is 400 g/mol. The molecule has 0 saturated heterocycles. The van der Waals surface area contributed by atoms with Crippen molar-refractivity contribution in [3.05, 3.63) is 50.4 Å². The van der Waals surface area contributed by atoms with Gasteiger partial charge in [-0.05, 0) is 37.6 Å². The molecule has 1 aromatic carbocycles. The number of nitrogens with one attached hydrogen (secondary N) is 1. The van der Waals surface area contributed by atoms with Crippen LogP contribution in [0.4, 0.5) is 0 Å². The molecule has 2 heterocycles. The molecule has 0 saturated carbocycles. The fourth-order valence-electron chi connectivity index (χ4n) is 2.84. The molecular formula is C20H20N2O5S. The summed E-state index contributed by atoms with van der Waals surface area (Å²) in [6, 6.07) is 5.50. The Morgan fingerprint density at radius 1 is 1.25 bits per heavy atom. The van der Waals surface area contributed by atoms with Gasteiger partial charge in [-0.15, -0.1) is 11.3 Å². The van der Waals surface area contributed by atoms with Crippen molar-refractivity contribution in [1.82, 2.24) is 9.97 Å². The van der Waals surface area contributed by atoms with Gasteiger partial charge in [-0.1, -0.05) is 12.1 Å². The van der Waals surface area contributed by atoms with Gasteiger partial charge >= 0.3 is 5.97 Å². The predicted molar refractivity (Wildman–Crippen MR) is 109 cm³/mol. The number of nitrogens with zero attached hydrogens (tertiary/aromatic N) is 1. The van der Waals surface area contributed by atoms with E-state index in [0.717, 1.165) is 16.9 Å². The van der Waals surface area contributed by atoms with Crippen molar-refractivity contribution in [3.8, 4) is 11.5 Å². The normalized spacial score (nSPS) is 11.1. The van der Waals surface area contributed by atoms with Crippen LogP contribution in [0.2, 0.25) is 0 Å². The van der Waals surface area contributed by atoms with Crippen LogP contribution in [-0.4, -0.2) is 36.8 Å². The summed E-state index contributed by atoms with van der Waals surface area (Å²) in [5.74, 6) is 1.12. The van der Waals surface area contributed by atoms with Crippen LogP contribution in [0, 0.1) is 6.92 Å². The first-order valence-corrected chi connectivity index (χ1v) is 9.41. The molecule has 8 heteroatoms. The van der Waals surface area contributed by atoms with Gasteiger partial charge in [-0.2, -0.15) is 0 Å². The van der Waals surface area contributed by atoms with Crippen LogP contribution >= 0.6 is 11.3 Å². The number of H-pyrrole nitrogens is 1. The standard InChI is InChI=1S/C20H20N2O5S/c1-5-27-20(24)17-11(2)15-18(23)21-14(22-19(15)28-17)10-9-12-7-6-8-13(25-3)16(12)26-4/h6-10H,5H2,1-4H3,(H,21,22,23). The highest BCUT2D eigenvalue weighted by atomic mass is 32.1. The fourth-order valence-corrected chi connectivity index (χ4v) is 3.93. The van der Waals surface area contributed by atoms with Gasteiger partial charge in [0.25, 0.3) is 5.56 Å². The number of carbonyl (C=O) groups excluding carboxylic acids is 1. The number of hydrogen-bond acceptors (Lipinski definition) is 7. The maximum Gasteiger partial charge on any atom is 0.348 e. The number of aromatic nitrogens is 2. The Morgan fingerprint density at radius 2 is 2.04 bits per heavy atom. The second-order valence-corrected chi connectivity index (χ2v) is 6.82. The molecule has 7 nitrogen and oxygen atoms in total. The Kier molecular flexibility index (Phi) is 5.79. The Balaban J connectivity index is 2.03. The maximum atomic E-state index is 12.5. The number of para-hydroxylation sites is 1. The van der Waals surface area contributed by atoms with Crippen LogP contribution in [-0.2, 0) is 4.74 Å². The van der Waals surface area contributed by atoms with Crippen LogP contribution < -0.4 is 15.0 Å². The smallest absolute Gasteiger partial charge is 0.348 e. The molecule has 0 aliphatic heterocycles. The van der Waals surface area contributed by atoms with Gasteiger partial charge in [0.15, 0.2) is 11.5 Å². The van der Waals surface area contributed by atoms with Crippen LogP contribution in [0.5, 0.6) is 11.5 Å². The maximum absolute atomic E-state index is 12.5. The number of esters is 1. The van der Waals surface area contributed by atoms with E-state index in [9.17, 15) is 9.59 Å². The first kappa shape index (κ1) is 19.6. The zero-order chi connectivity index (χ0) is 20.3. The minimum Gasteiger partial charge on any atom is -0.493 e. The van der Waals surface area contributed by atoms with E-state index in [2.05, 4.69) is 9.97 Å². The molecule has 3 aromatic rings. The summed E-state index contributed by atoms with van der Waals surface area (Å²) in [6.07, 6.45) is 3.45. The van der Waals surface area contributed by atoms with E-state index >= 15 is 0 Å². The number of rotatable bonds is 6. The Bertz CT molecular complexity index is 1110. The Labute approximate surface area is 165 Å². The number of aryl methyl sites for hydroxylation is 1. The fraction of sp³-hybridized carbons (Fsp3) is 0.250. The largest absolute Gasteiger partial charge is 0.493 e. The van der Waals surface area contributed by atoms with E-state index in [-0.39, 0.29) is 12.2 Å². The molecule has 0 radical (unpaired) electrons. The molecule has 0 bridgehead atoms. The summed E-state index contributed by atoms with van der Waals surface area (Å²) in [5.41, 5.74) is 1.06. The first-order valence-electron chi connectivity index (χ1n) is 8.59. The van der Waals surface area contributed by atoms with E-state index in [1.807, 2.05) is 12.1 Å². The zero-order valence-corrected chi connectivity index (χ0v) is 16.8. The van der Waals surface area contributed by atoms with Crippen molar-refractivity contribution >= 4 is 39.7 Å². The Hall–Kier alpha value is -3.13. The molecule has 0 amide bonds. The van der Waals surface area contributed by atoms with Crippen molar-refractivity contribution in [2.75, 3.05) is 20.8 Å². The second-order valence-electron chi connectivity index (χ2n) is 5.82. The summed E-state index contributed by atoms with van der Waals surface area (Å²) in [6.45, 7) is 3.73. The van der Waals surface area contributed by atoms with Crippen molar-refractivity contribution in [2.45, 2.75) is 13.8 Å². The number of methoxy groups -OCH3 is 2. The highest BCUT2D eigenvalue weighted by Gasteiger charge is 2.19. The van der Waals surface area contributed by atoms with Gasteiger partial charge < -0.3 is 19.2 Å². The lowest BCUT2D eigenvalue weighted by molar-refractivity contribution is 0.0531. The van der Waals surface area contributed by atoms with Crippen LogP contribution in [0.1, 0.15) is 33.5 Å². The third-order valence-electron chi connectivity index (χ3n) is 4.13. The molecule has 2 aromatic heterocycles. The van der Waals surface area contributed by atoms with Crippen molar-refractivity contribution in [1.29, 1.82) is 0 Å². The molecule has 1 N–H and O–H groups in total. The lowest BCUT2D eigenvalue weighted by Gasteiger charge is -2.09. The molecule has 0 atom stereocenters. The lowest BCUT2D eigenvalue weighted by Crippen LogP contribution is -2.10. The van der Waals surface area contributed by atoms with Gasteiger partial charge in [0.2, 0.25) is 0 Å². The molecule has 146 valence electrons. The van der Waals surface area contributed by atoms with Gasteiger partial charge in [0, 0.05) is 5.56 Å². The van der Waals surface area contributed by atoms with E-state index in [1.54, 1.807) is 46.3 Å². The summed E-state index contributed by atoms with van der Waals surface area (Å²) < 4.78 is 15.7. The zero-order valence-electron chi connectivity index (χ0n) is 16.0. The minimum absolute atomic E-state index is 0.270. The Morgan fingerprint density at radius 3 is 2.71 bits per heavy atom. The SMILES string of the molecule is CCOC(=O)c1sc2nc(C=Cc3cccc(OC)c3OC)[nH]c(=O)c2c1C. The molecule has 0 aliphatic carbocycles. The summed E-state index contributed by atoms with van der Waals surface area (Å²) in [4.78, 5) is 32.7. The number of fused-ring (bicyclic) bond motifs is 1. The molecule has 0 fully saturated rings. The predicted octanol–water partition coefficient (Wildman–Crippen LogP) is 3.66. The summed E-state index contributed by atoms with van der Waals surface area (Å²) >= 11 is 1.15.